The van der Waals surface area contributed by atoms with Crippen molar-refractivity contribution in [2.45, 2.75) is 19.3 Å². The summed E-state index contributed by atoms with van der Waals surface area (Å²) in [6.07, 6.45) is 1.84. The minimum absolute atomic E-state index is 0.256. The van der Waals surface area contributed by atoms with E-state index in [1.165, 1.54) is 36.4 Å². The van der Waals surface area contributed by atoms with E-state index < -0.39 is 0 Å². The predicted octanol–water partition coefficient (Wildman–Crippen LogP) is 4.15. The molecule has 3 nitrogen and oxygen atoms in total. The van der Waals surface area contributed by atoms with Gasteiger partial charge in [0.15, 0.2) is 0 Å². The number of aromatic nitrogens is 1. The number of amides is 1. The van der Waals surface area contributed by atoms with Crippen molar-refractivity contribution in [2.75, 3.05) is 6.54 Å². The Morgan fingerprint density at radius 2 is 1.75 bits per heavy atom. The van der Waals surface area contributed by atoms with Crippen molar-refractivity contribution in [3.05, 3.63) is 71.4 Å². The van der Waals surface area contributed by atoms with E-state index in [-0.39, 0.29) is 23.0 Å². The van der Waals surface area contributed by atoms with Gasteiger partial charge in [0.25, 0.3) is 5.91 Å². The number of carbonyl (C=O) groups excluding carboxylic acids is 1. The van der Waals surface area contributed by atoms with E-state index in [0.29, 0.717) is 12.1 Å². The molecule has 0 unspecified atom stereocenters. The summed E-state index contributed by atoms with van der Waals surface area (Å²) in [4.78, 5) is 15.3. The van der Waals surface area contributed by atoms with E-state index in [1.807, 2.05) is 20.0 Å². The fourth-order valence-electron chi connectivity index (χ4n) is 2.76. The Balaban J connectivity index is 1.77. The Labute approximate surface area is 138 Å². The molecule has 0 saturated carbocycles. The molecule has 0 saturated heterocycles. The first-order valence-corrected chi connectivity index (χ1v) is 7.68. The molecule has 0 radical (unpaired) electrons. The molecule has 0 fully saturated rings. The third kappa shape index (κ3) is 3.15. The Kier molecular flexibility index (Phi) is 4.09. The summed E-state index contributed by atoms with van der Waals surface area (Å²) in [5, 5.41) is 3.80. The van der Waals surface area contributed by atoms with Gasteiger partial charge in [0, 0.05) is 34.6 Å². The number of halogens is 2. The zero-order valence-electron chi connectivity index (χ0n) is 13.5. The van der Waals surface area contributed by atoms with E-state index in [2.05, 4.69) is 10.3 Å². The number of hydrogen-bond acceptors (Lipinski definition) is 1. The van der Waals surface area contributed by atoms with Gasteiger partial charge in [-0.05, 0) is 48.0 Å². The van der Waals surface area contributed by atoms with Gasteiger partial charge in [0.2, 0.25) is 0 Å². The van der Waals surface area contributed by atoms with Crippen molar-refractivity contribution in [2.24, 2.45) is 0 Å². The third-order valence-electron chi connectivity index (χ3n) is 4.17. The topological polar surface area (TPSA) is 44.9 Å². The Hall–Kier alpha value is -2.69. The second-order valence-corrected chi connectivity index (χ2v) is 6.47. The number of fused-ring (bicyclic) bond motifs is 1. The molecule has 2 N–H and O–H groups in total. The molecule has 124 valence electrons. The molecule has 1 heterocycles. The Bertz CT molecular complexity index is 882. The molecule has 0 spiro atoms. The van der Waals surface area contributed by atoms with Gasteiger partial charge in [-0.15, -0.1) is 0 Å². The van der Waals surface area contributed by atoms with E-state index in [9.17, 15) is 13.6 Å². The van der Waals surface area contributed by atoms with Crippen LogP contribution in [0.25, 0.3) is 10.9 Å². The molecule has 0 aliphatic carbocycles. The van der Waals surface area contributed by atoms with Gasteiger partial charge >= 0.3 is 0 Å². The SMILES string of the molecule is CC(C)(CNC(=O)c1ccc(F)cc1)c1c[nH]c2cc(F)ccc12. The Morgan fingerprint density at radius 1 is 1.08 bits per heavy atom. The van der Waals surface area contributed by atoms with Crippen LogP contribution in [0.5, 0.6) is 0 Å². The summed E-state index contributed by atoms with van der Waals surface area (Å²) in [6.45, 7) is 4.40. The fourth-order valence-corrected chi connectivity index (χ4v) is 2.76. The maximum atomic E-state index is 13.3. The van der Waals surface area contributed by atoms with Gasteiger partial charge in [-0.1, -0.05) is 13.8 Å². The first-order valence-electron chi connectivity index (χ1n) is 7.68. The van der Waals surface area contributed by atoms with Crippen molar-refractivity contribution < 1.29 is 13.6 Å². The van der Waals surface area contributed by atoms with Crippen LogP contribution in [0.15, 0.2) is 48.7 Å². The van der Waals surface area contributed by atoms with Gasteiger partial charge < -0.3 is 10.3 Å². The van der Waals surface area contributed by atoms with Crippen molar-refractivity contribution in [3.8, 4) is 0 Å². The summed E-state index contributed by atoms with van der Waals surface area (Å²) in [5.41, 5.74) is 1.78. The first kappa shape index (κ1) is 16.2. The maximum absolute atomic E-state index is 13.3. The van der Waals surface area contributed by atoms with Crippen LogP contribution in [-0.2, 0) is 5.41 Å². The highest BCUT2D eigenvalue weighted by Gasteiger charge is 2.25. The van der Waals surface area contributed by atoms with E-state index in [4.69, 9.17) is 0 Å². The lowest BCUT2D eigenvalue weighted by molar-refractivity contribution is 0.0945. The maximum Gasteiger partial charge on any atom is 0.251 e. The Morgan fingerprint density at radius 3 is 2.46 bits per heavy atom. The molecule has 0 aliphatic heterocycles. The number of benzene rings is 2. The number of nitrogens with one attached hydrogen (secondary N) is 2. The van der Waals surface area contributed by atoms with Gasteiger partial charge in [0.05, 0.1) is 0 Å². The molecule has 0 aliphatic rings. The van der Waals surface area contributed by atoms with Gasteiger partial charge in [-0.2, -0.15) is 0 Å². The van der Waals surface area contributed by atoms with Crippen LogP contribution < -0.4 is 5.32 Å². The van der Waals surface area contributed by atoms with Crippen LogP contribution in [0.1, 0.15) is 29.8 Å². The zero-order chi connectivity index (χ0) is 17.3. The molecule has 3 rings (SSSR count). The van der Waals surface area contributed by atoms with E-state index in [1.54, 1.807) is 6.07 Å². The normalized spacial score (nSPS) is 11.7. The molecular formula is C19H18F2N2O. The highest BCUT2D eigenvalue weighted by atomic mass is 19.1. The molecular weight excluding hydrogens is 310 g/mol. The fraction of sp³-hybridized carbons (Fsp3) is 0.211. The lowest BCUT2D eigenvalue weighted by Crippen LogP contribution is -2.36. The quantitative estimate of drug-likeness (QED) is 0.742. The van der Waals surface area contributed by atoms with Gasteiger partial charge in [-0.25, -0.2) is 8.78 Å². The second kappa shape index (κ2) is 6.07. The number of rotatable bonds is 4. The molecule has 3 aromatic rings. The van der Waals surface area contributed by atoms with Crippen LogP contribution in [0.4, 0.5) is 8.78 Å². The average Bonchev–Trinajstić information content (AvgIpc) is 2.97. The summed E-state index contributed by atoms with van der Waals surface area (Å²) >= 11 is 0. The number of H-pyrrole nitrogens is 1. The number of aromatic amines is 1. The van der Waals surface area contributed by atoms with Crippen LogP contribution in [0, 0.1) is 11.6 Å². The molecule has 1 amide bonds. The number of hydrogen-bond donors (Lipinski definition) is 2. The average molecular weight is 328 g/mol. The summed E-state index contributed by atoms with van der Waals surface area (Å²) in [5.74, 6) is -0.926. The van der Waals surface area contributed by atoms with Crippen molar-refractivity contribution in [1.82, 2.24) is 10.3 Å². The van der Waals surface area contributed by atoms with E-state index in [0.717, 1.165) is 16.5 Å². The van der Waals surface area contributed by atoms with Gasteiger partial charge in [-0.3, -0.25) is 4.79 Å². The van der Waals surface area contributed by atoms with E-state index >= 15 is 0 Å². The van der Waals surface area contributed by atoms with Crippen molar-refractivity contribution in [1.29, 1.82) is 0 Å². The van der Waals surface area contributed by atoms with Crippen molar-refractivity contribution in [3.63, 3.8) is 0 Å². The molecule has 0 bridgehead atoms. The second-order valence-electron chi connectivity index (χ2n) is 6.47. The predicted molar refractivity (Wildman–Crippen MR) is 90.0 cm³/mol. The lowest BCUT2D eigenvalue weighted by Gasteiger charge is -2.25. The molecule has 1 aromatic heterocycles. The molecule has 24 heavy (non-hydrogen) atoms. The zero-order valence-corrected chi connectivity index (χ0v) is 13.5. The highest BCUT2D eigenvalue weighted by molar-refractivity contribution is 5.94. The molecule has 5 heteroatoms. The monoisotopic (exact) mass is 328 g/mol. The number of carbonyl (C=O) groups is 1. The van der Waals surface area contributed by atoms with Crippen LogP contribution in [-0.4, -0.2) is 17.4 Å². The highest BCUT2D eigenvalue weighted by Crippen LogP contribution is 2.30. The van der Waals surface area contributed by atoms with Gasteiger partial charge in [0.1, 0.15) is 11.6 Å². The van der Waals surface area contributed by atoms with Crippen molar-refractivity contribution >= 4 is 16.8 Å². The standard InChI is InChI=1S/C19H18F2N2O/c1-19(2,11-23-18(24)12-3-5-13(20)6-4-12)16-10-22-17-9-14(21)7-8-15(16)17/h3-10,22H,11H2,1-2H3,(H,23,24). The minimum Gasteiger partial charge on any atom is -0.361 e. The van der Waals surface area contributed by atoms with Crippen LogP contribution in [0.3, 0.4) is 0 Å². The molecule has 0 atom stereocenters. The first-order chi connectivity index (χ1) is 11.4. The summed E-state index contributed by atoms with van der Waals surface area (Å²) in [6, 6.07) is 10.0. The lowest BCUT2D eigenvalue weighted by atomic mass is 9.84. The summed E-state index contributed by atoms with van der Waals surface area (Å²) in [7, 11) is 0. The molecule has 2 aromatic carbocycles. The summed E-state index contributed by atoms with van der Waals surface area (Å²) < 4.78 is 26.2. The smallest absolute Gasteiger partial charge is 0.251 e. The minimum atomic E-state index is -0.377. The third-order valence-corrected chi connectivity index (χ3v) is 4.17. The largest absolute Gasteiger partial charge is 0.361 e. The van der Waals surface area contributed by atoms with Crippen LogP contribution >= 0.6 is 0 Å². The van der Waals surface area contributed by atoms with Crippen LogP contribution in [0.2, 0.25) is 0 Å².